The monoisotopic (exact) mass is 408 g/mol. The molecule has 0 atom stereocenters. The Kier molecular flexibility index (Phi) is 4.17. The highest BCUT2D eigenvalue weighted by Crippen LogP contribution is 2.46. The molecule has 2 aliphatic rings. The first-order chi connectivity index (χ1) is 14.4. The largest absolute Gasteiger partial charge is 0.325 e. The third-order valence-electron chi connectivity index (χ3n) is 6.03. The zero-order valence-corrected chi connectivity index (χ0v) is 16.9. The van der Waals surface area contributed by atoms with Crippen molar-refractivity contribution in [1.82, 2.24) is 14.5 Å². The first kappa shape index (κ1) is 18.8. The molecule has 5 rings (SSSR count). The third-order valence-corrected chi connectivity index (χ3v) is 6.03. The molecule has 2 amide bonds. The number of imidazole rings is 1. The van der Waals surface area contributed by atoms with Crippen LogP contribution in [0.4, 0.5) is 19.3 Å². The summed E-state index contributed by atoms with van der Waals surface area (Å²) in [5.74, 6) is -0.719. The topological polar surface area (TPSA) is 41.4 Å². The molecule has 0 unspecified atom stereocenters. The molecule has 0 N–H and O–H groups in total. The van der Waals surface area contributed by atoms with E-state index >= 15 is 0 Å². The van der Waals surface area contributed by atoms with Crippen LogP contribution in [-0.4, -0.2) is 33.6 Å². The Labute approximate surface area is 173 Å². The number of hydrogen-bond donors (Lipinski definition) is 0. The summed E-state index contributed by atoms with van der Waals surface area (Å²) in [5.41, 5.74) is 2.65. The fraction of sp³-hybridized carbons (Fsp3) is 0.304. The van der Waals surface area contributed by atoms with E-state index in [0.717, 1.165) is 24.1 Å². The number of anilines is 1. The number of benzene rings is 2. The number of carbonyl (C=O) groups is 1. The predicted molar refractivity (Wildman–Crippen MR) is 111 cm³/mol. The molecule has 0 spiro atoms. The molecular formula is C23H22F2N4O. The highest BCUT2D eigenvalue weighted by atomic mass is 19.1. The van der Waals surface area contributed by atoms with Crippen molar-refractivity contribution in [2.75, 3.05) is 18.0 Å². The van der Waals surface area contributed by atoms with E-state index in [2.05, 4.69) is 4.98 Å². The summed E-state index contributed by atoms with van der Waals surface area (Å²) in [4.78, 5) is 21.7. The van der Waals surface area contributed by atoms with Gasteiger partial charge in [0.25, 0.3) is 0 Å². The Balaban J connectivity index is 1.73. The van der Waals surface area contributed by atoms with E-state index in [0.29, 0.717) is 30.2 Å². The van der Waals surface area contributed by atoms with E-state index in [-0.39, 0.29) is 11.8 Å². The van der Waals surface area contributed by atoms with Gasteiger partial charge in [0.15, 0.2) is 0 Å². The quantitative estimate of drug-likeness (QED) is 0.563. The Morgan fingerprint density at radius 2 is 1.63 bits per heavy atom. The Hall–Kier alpha value is -3.22. The molecule has 1 saturated heterocycles. The molecule has 0 bridgehead atoms. The number of rotatable bonds is 1. The molecule has 3 aromatic rings. The van der Waals surface area contributed by atoms with E-state index in [1.807, 2.05) is 23.3 Å². The van der Waals surface area contributed by atoms with Crippen LogP contribution in [0.15, 0.2) is 48.8 Å². The summed E-state index contributed by atoms with van der Waals surface area (Å²) < 4.78 is 29.6. The van der Waals surface area contributed by atoms with Crippen LogP contribution in [0.5, 0.6) is 0 Å². The minimum absolute atomic E-state index is 0.137. The standard InChI is InChI=1S/C23H22F2N4O/c1-23(2)21-20(15-5-7-16(24)8-6-15)26-14-28(21)18-10-9-17(25)13-19(18)29(23)22(30)27-11-3-4-12-27/h5-10,13-14H,3-4,11-12H2,1-2H3. The third kappa shape index (κ3) is 2.72. The van der Waals surface area contributed by atoms with Crippen molar-refractivity contribution < 1.29 is 13.6 Å². The van der Waals surface area contributed by atoms with Gasteiger partial charge in [0.05, 0.1) is 28.3 Å². The molecular weight excluding hydrogens is 386 g/mol. The maximum Gasteiger partial charge on any atom is 0.325 e. The number of halogens is 2. The van der Waals surface area contributed by atoms with Crippen LogP contribution in [-0.2, 0) is 5.54 Å². The van der Waals surface area contributed by atoms with Crippen LogP contribution in [0, 0.1) is 11.6 Å². The van der Waals surface area contributed by atoms with E-state index < -0.39 is 11.4 Å². The van der Waals surface area contributed by atoms with Crippen LogP contribution >= 0.6 is 0 Å². The van der Waals surface area contributed by atoms with Gasteiger partial charge in [0.1, 0.15) is 18.0 Å². The zero-order valence-electron chi connectivity index (χ0n) is 16.9. The molecule has 3 heterocycles. The number of hydrogen-bond acceptors (Lipinski definition) is 2. The van der Waals surface area contributed by atoms with Crippen molar-refractivity contribution >= 4 is 11.7 Å². The van der Waals surface area contributed by atoms with Crippen molar-refractivity contribution in [1.29, 1.82) is 0 Å². The number of carbonyl (C=O) groups excluding carboxylic acids is 1. The fourth-order valence-corrected chi connectivity index (χ4v) is 4.61. The number of fused-ring (bicyclic) bond motifs is 3. The lowest BCUT2D eigenvalue weighted by Crippen LogP contribution is -2.54. The lowest BCUT2D eigenvalue weighted by Gasteiger charge is -2.45. The molecule has 1 fully saturated rings. The summed E-state index contributed by atoms with van der Waals surface area (Å²) in [6, 6.07) is 10.5. The molecule has 0 saturated carbocycles. The summed E-state index contributed by atoms with van der Waals surface area (Å²) in [6.45, 7) is 5.27. The van der Waals surface area contributed by atoms with Gasteiger partial charge < -0.3 is 4.90 Å². The Morgan fingerprint density at radius 1 is 0.967 bits per heavy atom. The van der Waals surface area contributed by atoms with Crippen molar-refractivity contribution in [2.24, 2.45) is 0 Å². The van der Waals surface area contributed by atoms with Crippen LogP contribution in [0.1, 0.15) is 32.4 Å². The first-order valence-corrected chi connectivity index (χ1v) is 10.1. The predicted octanol–water partition coefficient (Wildman–Crippen LogP) is 5.09. The lowest BCUT2D eigenvalue weighted by molar-refractivity contribution is 0.207. The lowest BCUT2D eigenvalue weighted by atomic mass is 9.90. The number of urea groups is 1. The molecule has 5 nitrogen and oxygen atoms in total. The Bertz CT molecular complexity index is 1120. The molecule has 30 heavy (non-hydrogen) atoms. The van der Waals surface area contributed by atoms with Gasteiger partial charge in [-0.3, -0.25) is 9.47 Å². The first-order valence-electron chi connectivity index (χ1n) is 10.1. The van der Waals surface area contributed by atoms with Gasteiger partial charge in [-0.1, -0.05) is 0 Å². The maximum absolute atomic E-state index is 14.2. The molecule has 1 aromatic heterocycles. The van der Waals surface area contributed by atoms with E-state index in [1.54, 1.807) is 29.4 Å². The molecule has 0 aliphatic carbocycles. The van der Waals surface area contributed by atoms with Gasteiger partial charge in [-0.2, -0.15) is 0 Å². The molecule has 2 aromatic carbocycles. The summed E-state index contributed by atoms with van der Waals surface area (Å²) in [6.07, 6.45) is 3.62. The van der Waals surface area contributed by atoms with Crippen molar-refractivity contribution in [3.05, 3.63) is 66.1 Å². The van der Waals surface area contributed by atoms with Gasteiger partial charge in [0.2, 0.25) is 0 Å². The maximum atomic E-state index is 14.2. The minimum atomic E-state index is -0.805. The second kappa shape index (κ2) is 6.65. The van der Waals surface area contributed by atoms with Crippen molar-refractivity contribution in [3.8, 4) is 16.9 Å². The SMILES string of the molecule is CC1(C)c2c(-c3ccc(F)cc3)ncn2-c2ccc(F)cc2N1C(=O)N1CCCC1. The normalized spacial score (nSPS) is 17.1. The fourth-order valence-electron chi connectivity index (χ4n) is 4.61. The minimum Gasteiger partial charge on any atom is -0.324 e. The van der Waals surface area contributed by atoms with Crippen LogP contribution in [0.25, 0.3) is 16.9 Å². The van der Waals surface area contributed by atoms with E-state index in [1.165, 1.54) is 24.3 Å². The van der Waals surface area contributed by atoms with Gasteiger partial charge in [-0.25, -0.2) is 18.6 Å². The van der Waals surface area contributed by atoms with Crippen molar-refractivity contribution in [3.63, 3.8) is 0 Å². The Morgan fingerprint density at radius 3 is 2.33 bits per heavy atom. The summed E-state index contributed by atoms with van der Waals surface area (Å²) >= 11 is 0. The highest BCUT2D eigenvalue weighted by Gasteiger charge is 2.45. The van der Waals surface area contributed by atoms with Gasteiger partial charge in [-0.15, -0.1) is 0 Å². The van der Waals surface area contributed by atoms with Gasteiger partial charge in [-0.05, 0) is 69.2 Å². The molecule has 7 heteroatoms. The van der Waals surface area contributed by atoms with Crippen LogP contribution in [0.3, 0.4) is 0 Å². The smallest absolute Gasteiger partial charge is 0.324 e. The van der Waals surface area contributed by atoms with E-state index in [9.17, 15) is 13.6 Å². The average molecular weight is 408 g/mol. The van der Waals surface area contributed by atoms with Gasteiger partial charge >= 0.3 is 6.03 Å². The highest BCUT2D eigenvalue weighted by molar-refractivity contribution is 5.97. The number of aromatic nitrogens is 2. The number of nitrogens with zero attached hydrogens (tertiary/aromatic N) is 4. The summed E-state index contributed by atoms with van der Waals surface area (Å²) in [5, 5.41) is 0. The average Bonchev–Trinajstić information content (AvgIpc) is 3.39. The zero-order chi connectivity index (χ0) is 21.0. The molecule has 2 aliphatic heterocycles. The summed E-state index contributed by atoms with van der Waals surface area (Å²) in [7, 11) is 0. The number of amides is 2. The second-order valence-corrected chi connectivity index (χ2v) is 8.32. The van der Waals surface area contributed by atoms with E-state index in [4.69, 9.17) is 0 Å². The second-order valence-electron chi connectivity index (χ2n) is 8.32. The van der Waals surface area contributed by atoms with Crippen LogP contribution < -0.4 is 4.90 Å². The molecule has 0 radical (unpaired) electrons. The molecule has 154 valence electrons. The van der Waals surface area contributed by atoms with Crippen LogP contribution in [0.2, 0.25) is 0 Å². The number of likely N-dealkylation sites (tertiary alicyclic amines) is 1. The van der Waals surface area contributed by atoms with Crippen molar-refractivity contribution in [2.45, 2.75) is 32.2 Å². The van der Waals surface area contributed by atoms with Gasteiger partial charge in [0, 0.05) is 18.7 Å².